The minimum absolute atomic E-state index is 0.164. The Kier molecular flexibility index (Phi) is 8.47. The molecule has 0 saturated carbocycles. The first-order valence-electron chi connectivity index (χ1n) is 10.3. The summed E-state index contributed by atoms with van der Waals surface area (Å²) in [7, 11) is 3.17. The van der Waals surface area contributed by atoms with Gasteiger partial charge in [-0.25, -0.2) is 0 Å². The van der Waals surface area contributed by atoms with Crippen molar-refractivity contribution in [1.29, 1.82) is 0 Å². The molecule has 2 heterocycles. The van der Waals surface area contributed by atoms with Gasteiger partial charge in [0.15, 0.2) is 6.04 Å². The highest BCUT2D eigenvalue weighted by atomic mass is 32.1. The Balaban J connectivity index is 1.82. The van der Waals surface area contributed by atoms with Crippen molar-refractivity contribution >= 4 is 23.2 Å². The lowest BCUT2D eigenvalue weighted by molar-refractivity contribution is -0.141. The number of rotatable bonds is 11. The molecule has 170 valence electrons. The molecule has 0 spiro atoms. The third kappa shape index (κ3) is 6.21. The van der Waals surface area contributed by atoms with Gasteiger partial charge in [-0.2, -0.15) is 0 Å². The van der Waals surface area contributed by atoms with Crippen molar-refractivity contribution in [3.05, 3.63) is 75.9 Å². The van der Waals surface area contributed by atoms with E-state index < -0.39 is 6.04 Å². The van der Waals surface area contributed by atoms with Crippen LogP contribution in [0.15, 0.2) is 58.3 Å². The van der Waals surface area contributed by atoms with Crippen LogP contribution in [0.1, 0.15) is 28.0 Å². The molecular weight excluding hydrogens is 428 g/mol. The van der Waals surface area contributed by atoms with E-state index in [1.807, 2.05) is 48.7 Å². The zero-order chi connectivity index (χ0) is 22.9. The molecule has 2 aromatic heterocycles. The first-order chi connectivity index (χ1) is 15.5. The number of carbonyl (C=O) groups is 2. The number of benzene rings is 1. The van der Waals surface area contributed by atoms with Crippen molar-refractivity contribution in [3.8, 4) is 5.75 Å². The summed E-state index contributed by atoms with van der Waals surface area (Å²) in [6, 6.07) is 13.9. The van der Waals surface area contributed by atoms with Crippen LogP contribution in [-0.4, -0.2) is 44.1 Å². The van der Waals surface area contributed by atoms with Gasteiger partial charge in [0, 0.05) is 25.1 Å². The third-order valence-electron chi connectivity index (χ3n) is 4.98. The average molecular weight is 457 g/mol. The SMILES string of the molecule is COCCN(C(=O)Cc1cccs1)C(C(=O)NCc1ccc(OC)cc1)c1ccc(C)o1. The molecule has 0 bridgehead atoms. The van der Waals surface area contributed by atoms with Gasteiger partial charge in [-0.15, -0.1) is 11.3 Å². The molecule has 7 nitrogen and oxygen atoms in total. The molecule has 1 N–H and O–H groups in total. The van der Waals surface area contributed by atoms with Crippen LogP contribution in [0, 0.1) is 6.92 Å². The van der Waals surface area contributed by atoms with Crippen LogP contribution in [0.3, 0.4) is 0 Å². The highest BCUT2D eigenvalue weighted by Crippen LogP contribution is 2.25. The van der Waals surface area contributed by atoms with Crippen LogP contribution >= 0.6 is 11.3 Å². The van der Waals surface area contributed by atoms with Crippen molar-refractivity contribution in [3.63, 3.8) is 0 Å². The molecule has 1 aromatic carbocycles. The van der Waals surface area contributed by atoms with E-state index >= 15 is 0 Å². The molecule has 0 aliphatic rings. The summed E-state index contributed by atoms with van der Waals surface area (Å²) in [6.45, 7) is 2.69. The molecule has 0 aliphatic carbocycles. The van der Waals surface area contributed by atoms with E-state index in [0.29, 0.717) is 24.7 Å². The largest absolute Gasteiger partial charge is 0.497 e. The molecule has 32 heavy (non-hydrogen) atoms. The number of thiophene rings is 1. The smallest absolute Gasteiger partial charge is 0.251 e. The zero-order valence-electron chi connectivity index (χ0n) is 18.5. The molecule has 0 fully saturated rings. The fraction of sp³-hybridized carbons (Fsp3) is 0.333. The Morgan fingerprint density at radius 2 is 1.91 bits per heavy atom. The van der Waals surface area contributed by atoms with E-state index in [-0.39, 0.29) is 24.8 Å². The molecule has 0 saturated heterocycles. The number of ether oxygens (including phenoxy) is 2. The van der Waals surface area contributed by atoms with Crippen LogP contribution in [0.2, 0.25) is 0 Å². The maximum Gasteiger partial charge on any atom is 0.251 e. The van der Waals surface area contributed by atoms with E-state index in [2.05, 4.69) is 5.32 Å². The van der Waals surface area contributed by atoms with Gasteiger partial charge < -0.3 is 24.1 Å². The normalized spacial score (nSPS) is 11.7. The minimum atomic E-state index is -0.899. The van der Waals surface area contributed by atoms with Crippen molar-refractivity contribution in [1.82, 2.24) is 10.2 Å². The summed E-state index contributed by atoms with van der Waals surface area (Å²) in [5.74, 6) is 1.36. The molecule has 8 heteroatoms. The third-order valence-corrected chi connectivity index (χ3v) is 5.86. The van der Waals surface area contributed by atoms with Gasteiger partial charge >= 0.3 is 0 Å². The predicted octanol–water partition coefficient (Wildman–Crippen LogP) is 3.73. The van der Waals surface area contributed by atoms with Crippen LogP contribution in [0.5, 0.6) is 5.75 Å². The lowest BCUT2D eigenvalue weighted by Gasteiger charge is -2.29. The van der Waals surface area contributed by atoms with Gasteiger partial charge in [0.25, 0.3) is 5.91 Å². The maximum absolute atomic E-state index is 13.3. The fourth-order valence-electron chi connectivity index (χ4n) is 3.31. The van der Waals surface area contributed by atoms with E-state index in [1.54, 1.807) is 26.4 Å². The van der Waals surface area contributed by atoms with Crippen LogP contribution < -0.4 is 10.1 Å². The first kappa shape index (κ1) is 23.6. The highest BCUT2D eigenvalue weighted by Gasteiger charge is 2.33. The van der Waals surface area contributed by atoms with E-state index in [0.717, 1.165) is 16.2 Å². The average Bonchev–Trinajstić information content (AvgIpc) is 3.46. The second-order valence-electron chi connectivity index (χ2n) is 7.25. The Hall–Kier alpha value is -3.10. The summed E-state index contributed by atoms with van der Waals surface area (Å²) in [5, 5.41) is 4.87. The molecule has 1 atom stereocenters. The van der Waals surface area contributed by atoms with Crippen molar-refractivity contribution < 1.29 is 23.5 Å². The lowest BCUT2D eigenvalue weighted by atomic mass is 10.1. The van der Waals surface area contributed by atoms with Crippen LogP contribution in [0.25, 0.3) is 0 Å². The van der Waals surface area contributed by atoms with Gasteiger partial charge in [0.2, 0.25) is 5.91 Å². The van der Waals surface area contributed by atoms with Gasteiger partial charge in [-0.05, 0) is 48.2 Å². The number of furan rings is 1. The van der Waals surface area contributed by atoms with Gasteiger partial charge in [0.1, 0.15) is 17.3 Å². The van der Waals surface area contributed by atoms with Crippen molar-refractivity contribution in [2.45, 2.75) is 25.9 Å². The Labute approximate surface area is 191 Å². The van der Waals surface area contributed by atoms with Crippen LogP contribution in [0.4, 0.5) is 0 Å². The minimum Gasteiger partial charge on any atom is -0.497 e. The standard InChI is InChI=1S/C24H28N2O5S/c1-17-6-11-21(31-17)23(24(28)25-16-18-7-9-19(30-3)10-8-18)26(12-13-29-2)22(27)15-20-5-4-14-32-20/h4-11,14,23H,12-13,15-16H2,1-3H3,(H,25,28). The number of hydrogen-bond acceptors (Lipinski definition) is 6. The number of aryl methyl sites for hydroxylation is 1. The summed E-state index contributed by atoms with van der Waals surface area (Å²) < 4.78 is 16.2. The number of methoxy groups -OCH3 is 2. The van der Waals surface area contributed by atoms with Gasteiger partial charge in [-0.1, -0.05) is 18.2 Å². The van der Waals surface area contributed by atoms with Crippen molar-refractivity contribution in [2.75, 3.05) is 27.4 Å². The quantitative estimate of drug-likeness (QED) is 0.476. The Morgan fingerprint density at radius 3 is 2.50 bits per heavy atom. The number of hydrogen-bond donors (Lipinski definition) is 1. The predicted molar refractivity (Wildman–Crippen MR) is 123 cm³/mol. The monoisotopic (exact) mass is 456 g/mol. The summed E-state index contributed by atoms with van der Waals surface area (Å²) >= 11 is 1.51. The topological polar surface area (TPSA) is 81.0 Å². The van der Waals surface area contributed by atoms with E-state index in [9.17, 15) is 9.59 Å². The first-order valence-corrected chi connectivity index (χ1v) is 11.2. The van der Waals surface area contributed by atoms with Gasteiger partial charge in [-0.3, -0.25) is 9.59 Å². The van der Waals surface area contributed by atoms with E-state index in [4.69, 9.17) is 13.9 Å². The van der Waals surface area contributed by atoms with Crippen molar-refractivity contribution in [2.24, 2.45) is 0 Å². The highest BCUT2D eigenvalue weighted by molar-refractivity contribution is 7.10. The lowest BCUT2D eigenvalue weighted by Crippen LogP contribution is -2.45. The fourth-order valence-corrected chi connectivity index (χ4v) is 4.00. The number of nitrogens with one attached hydrogen (secondary N) is 1. The number of carbonyl (C=O) groups excluding carboxylic acids is 2. The molecule has 3 rings (SSSR count). The number of nitrogens with zero attached hydrogens (tertiary/aromatic N) is 1. The summed E-state index contributed by atoms with van der Waals surface area (Å²) in [5.41, 5.74) is 0.918. The molecule has 1 unspecified atom stereocenters. The Bertz CT molecular complexity index is 998. The van der Waals surface area contributed by atoms with E-state index in [1.165, 1.54) is 16.2 Å². The summed E-state index contributed by atoms with van der Waals surface area (Å²) in [6.07, 6.45) is 0.212. The summed E-state index contributed by atoms with van der Waals surface area (Å²) in [4.78, 5) is 29.0. The molecular formula is C24H28N2O5S. The molecule has 0 aliphatic heterocycles. The zero-order valence-corrected chi connectivity index (χ0v) is 19.3. The van der Waals surface area contributed by atoms with Gasteiger partial charge in [0.05, 0.1) is 20.1 Å². The number of amides is 2. The Morgan fingerprint density at radius 1 is 1.12 bits per heavy atom. The second kappa shape index (κ2) is 11.5. The second-order valence-corrected chi connectivity index (χ2v) is 8.29. The van der Waals surface area contributed by atoms with Crippen LogP contribution in [-0.2, 0) is 27.3 Å². The molecule has 3 aromatic rings. The molecule has 0 radical (unpaired) electrons. The molecule has 2 amide bonds. The maximum atomic E-state index is 13.3.